The molecule has 22 heavy (non-hydrogen) atoms. The lowest BCUT2D eigenvalue weighted by atomic mass is 10.0. The Morgan fingerprint density at radius 1 is 0.909 bits per heavy atom. The number of carbonyl (C=O) groups is 1. The molecule has 0 atom stereocenters. The number of rotatable bonds is 2. The van der Waals surface area contributed by atoms with Crippen LogP contribution < -0.4 is 0 Å². The molecule has 1 aromatic carbocycles. The van der Waals surface area contributed by atoms with Crippen LogP contribution in [0.4, 0.5) is 0 Å². The molecule has 0 aliphatic carbocycles. The molecular weight excluding hydrogens is 278 g/mol. The van der Waals surface area contributed by atoms with E-state index in [1.807, 2.05) is 30.3 Å². The largest absolute Gasteiger partial charge is 0.494 e. The molecule has 1 aliphatic heterocycles. The van der Waals surface area contributed by atoms with Crippen molar-refractivity contribution in [2.75, 3.05) is 0 Å². The lowest BCUT2D eigenvalue weighted by Gasteiger charge is -1.99. The van der Waals surface area contributed by atoms with E-state index >= 15 is 0 Å². The highest BCUT2D eigenvalue weighted by molar-refractivity contribution is 6.30. The molecule has 1 amide bonds. The first-order valence-corrected chi connectivity index (χ1v) is 6.80. The van der Waals surface area contributed by atoms with Crippen LogP contribution in [0, 0.1) is 0 Å². The molecule has 0 saturated carbocycles. The highest BCUT2D eigenvalue weighted by atomic mass is 16.3. The standard InChI is InChI=1S/C17H11N3O2/c21-16-12-13(15(20-16)11-6-8-18-9-7-11)17(22)19-14(12)10-4-2-1-3-5-10/h1-9,19,22H. The van der Waals surface area contributed by atoms with Crippen molar-refractivity contribution in [3.05, 3.63) is 71.5 Å². The van der Waals surface area contributed by atoms with Crippen LogP contribution >= 0.6 is 0 Å². The number of carbonyl (C=O) groups excluding carboxylic acids is 1. The Kier molecular flexibility index (Phi) is 2.66. The minimum atomic E-state index is -0.350. The number of aromatic nitrogens is 2. The fourth-order valence-corrected chi connectivity index (χ4v) is 2.68. The lowest BCUT2D eigenvalue weighted by Crippen LogP contribution is -1.99. The van der Waals surface area contributed by atoms with Gasteiger partial charge in [0.1, 0.15) is 0 Å². The lowest BCUT2D eigenvalue weighted by molar-refractivity contribution is 0.101. The molecule has 0 fully saturated rings. The van der Waals surface area contributed by atoms with Crippen molar-refractivity contribution < 1.29 is 9.90 Å². The van der Waals surface area contributed by atoms with Crippen LogP contribution in [0.1, 0.15) is 21.5 Å². The number of H-pyrrole nitrogens is 1. The normalized spacial score (nSPS) is 13.1. The van der Waals surface area contributed by atoms with E-state index in [1.54, 1.807) is 24.5 Å². The van der Waals surface area contributed by atoms with E-state index in [4.69, 9.17) is 0 Å². The molecule has 5 nitrogen and oxygen atoms in total. The monoisotopic (exact) mass is 289 g/mol. The average molecular weight is 289 g/mol. The molecule has 5 heteroatoms. The highest BCUT2D eigenvalue weighted by Gasteiger charge is 2.33. The Labute approximate surface area is 126 Å². The summed E-state index contributed by atoms with van der Waals surface area (Å²) < 4.78 is 0. The summed E-state index contributed by atoms with van der Waals surface area (Å²) in [4.78, 5) is 23.3. The van der Waals surface area contributed by atoms with Gasteiger partial charge in [-0.1, -0.05) is 30.3 Å². The Bertz CT molecular complexity index is 896. The molecule has 3 heterocycles. The second kappa shape index (κ2) is 4.66. The third-order valence-electron chi connectivity index (χ3n) is 3.66. The van der Waals surface area contributed by atoms with Crippen LogP contribution in [0.25, 0.3) is 11.3 Å². The van der Waals surface area contributed by atoms with E-state index in [-0.39, 0.29) is 11.8 Å². The summed E-state index contributed by atoms with van der Waals surface area (Å²) in [5, 5.41) is 10.3. The Morgan fingerprint density at radius 3 is 2.36 bits per heavy atom. The van der Waals surface area contributed by atoms with Crippen molar-refractivity contribution in [2.24, 2.45) is 4.99 Å². The molecule has 0 unspecified atom stereocenters. The van der Waals surface area contributed by atoms with Gasteiger partial charge in [0.25, 0.3) is 5.91 Å². The predicted molar refractivity (Wildman–Crippen MR) is 82.1 cm³/mol. The van der Waals surface area contributed by atoms with Gasteiger partial charge < -0.3 is 10.1 Å². The summed E-state index contributed by atoms with van der Waals surface area (Å²) in [6.45, 7) is 0. The number of hydrogen-bond donors (Lipinski definition) is 2. The quantitative estimate of drug-likeness (QED) is 0.761. The number of benzene rings is 1. The van der Waals surface area contributed by atoms with Gasteiger partial charge in [0.2, 0.25) is 0 Å². The van der Waals surface area contributed by atoms with Crippen LogP contribution in [0.2, 0.25) is 0 Å². The van der Waals surface area contributed by atoms with Gasteiger partial charge in [0, 0.05) is 18.0 Å². The van der Waals surface area contributed by atoms with Crippen LogP contribution in [-0.4, -0.2) is 26.7 Å². The first-order chi connectivity index (χ1) is 10.8. The molecule has 0 radical (unpaired) electrons. The van der Waals surface area contributed by atoms with E-state index in [2.05, 4.69) is 15.0 Å². The topological polar surface area (TPSA) is 78.3 Å². The minimum Gasteiger partial charge on any atom is -0.494 e. The van der Waals surface area contributed by atoms with E-state index < -0.39 is 0 Å². The van der Waals surface area contributed by atoms with Gasteiger partial charge in [0.05, 0.1) is 22.5 Å². The van der Waals surface area contributed by atoms with Crippen molar-refractivity contribution in [3.63, 3.8) is 0 Å². The second-order valence-electron chi connectivity index (χ2n) is 4.97. The molecule has 2 aromatic heterocycles. The molecule has 1 aliphatic rings. The molecule has 2 N–H and O–H groups in total. The number of aliphatic imine (C=N–C) groups is 1. The fraction of sp³-hybridized carbons (Fsp3) is 0. The van der Waals surface area contributed by atoms with Gasteiger partial charge in [-0.25, -0.2) is 4.99 Å². The second-order valence-corrected chi connectivity index (χ2v) is 4.97. The minimum absolute atomic E-state index is 0.0461. The molecular formula is C17H11N3O2. The maximum Gasteiger partial charge on any atom is 0.280 e. The molecule has 4 rings (SSSR count). The molecule has 3 aromatic rings. The zero-order valence-corrected chi connectivity index (χ0v) is 11.4. The summed E-state index contributed by atoms with van der Waals surface area (Å²) >= 11 is 0. The van der Waals surface area contributed by atoms with Gasteiger partial charge in [-0.3, -0.25) is 9.78 Å². The zero-order chi connectivity index (χ0) is 15.1. The number of hydrogen-bond acceptors (Lipinski definition) is 3. The van der Waals surface area contributed by atoms with Gasteiger partial charge in [-0.05, 0) is 17.7 Å². The molecule has 106 valence electrons. The number of aromatic hydroxyl groups is 1. The SMILES string of the molecule is O=C1N=C(c2ccncc2)c2c(O)[nH]c(-c3ccccc3)c21. The summed E-state index contributed by atoms with van der Waals surface area (Å²) in [5.74, 6) is -0.396. The number of aromatic amines is 1. The maximum atomic E-state index is 12.3. The first kappa shape index (κ1) is 12.5. The first-order valence-electron chi connectivity index (χ1n) is 6.80. The van der Waals surface area contributed by atoms with Crippen molar-refractivity contribution >= 4 is 11.6 Å². The average Bonchev–Trinajstić information content (AvgIpc) is 3.09. The number of amides is 1. The molecule has 0 spiro atoms. The Hall–Kier alpha value is -3.21. The number of nitrogens with one attached hydrogen (secondary N) is 1. The third-order valence-corrected chi connectivity index (χ3v) is 3.66. The van der Waals surface area contributed by atoms with Crippen LogP contribution in [-0.2, 0) is 0 Å². The Balaban J connectivity index is 1.92. The Morgan fingerprint density at radius 2 is 1.64 bits per heavy atom. The van der Waals surface area contributed by atoms with Crippen LogP contribution in [0.5, 0.6) is 5.88 Å². The van der Waals surface area contributed by atoms with Gasteiger partial charge in [0.15, 0.2) is 5.88 Å². The van der Waals surface area contributed by atoms with E-state index in [1.165, 1.54) is 0 Å². The number of pyridine rings is 1. The van der Waals surface area contributed by atoms with Crippen LogP contribution in [0.3, 0.4) is 0 Å². The zero-order valence-electron chi connectivity index (χ0n) is 11.4. The van der Waals surface area contributed by atoms with Crippen molar-refractivity contribution in [3.8, 4) is 17.1 Å². The number of nitrogens with zero attached hydrogens (tertiary/aromatic N) is 2. The van der Waals surface area contributed by atoms with Gasteiger partial charge in [-0.2, -0.15) is 0 Å². The summed E-state index contributed by atoms with van der Waals surface area (Å²) in [6.07, 6.45) is 3.25. The van der Waals surface area contributed by atoms with Crippen molar-refractivity contribution in [1.82, 2.24) is 9.97 Å². The maximum absolute atomic E-state index is 12.3. The highest BCUT2D eigenvalue weighted by Crippen LogP contribution is 2.37. The predicted octanol–water partition coefficient (Wildman–Crippen LogP) is 2.77. The van der Waals surface area contributed by atoms with E-state index in [9.17, 15) is 9.90 Å². The number of fused-ring (bicyclic) bond motifs is 1. The fourth-order valence-electron chi connectivity index (χ4n) is 2.68. The smallest absolute Gasteiger partial charge is 0.280 e. The van der Waals surface area contributed by atoms with Crippen molar-refractivity contribution in [1.29, 1.82) is 0 Å². The third kappa shape index (κ3) is 1.76. The summed E-state index contributed by atoms with van der Waals surface area (Å²) in [7, 11) is 0. The van der Waals surface area contributed by atoms with Crippen molar-refractivity contribution in [2.45, 2.75) is 0 Å². The van der Waals surface area contributed by atoms with Gasteiger partial charge >= 0.3 is 0 Å². The van der Waals surface area contributed by atoms with E-state index in [0.29, 0.717) is 22.5 Å². The van der Waals surface area contributed by atoms with E-state index in [0.717, 1.165) is 11.1 Å². The van der Waals surface area contributed by atoms with Gasteiger partial charge in [-0.15, -0.1) is 0 Å². The van der Waals surface area contributed by atoms with Crippen LogP contribution in [0.15, 0.2) is 59.9 Å². The molecule has 0 saturated heterocycles. The molecule has 0 bridgehead atoms. The summed E-state index contributed by atoms with van der Waals surface area (Å²) in [6, 6.07) is 12.9. The summed E-state index contributed by atoms with van der Waals surface area (Å²) in [5.41, 5.74) is 3.50.